The van der Waals surface area contributed by atoms with Crippen molar-refractivity contribution in [3.8, 4) is 11.6 Å². The number of carbonyl (C=O) groups is 1. The minimum absolute atomic E-state index is 0.244. The molecule has 2 aromatic carbocycles. The van der Waals surface area contributed by atoms with Gasteiger partial charge in [0, 0.05) is 17.5 Å². The summed E-state index contributed by atoms with van der Waals surface area (Å²) in [6, 6.07) is 15.6. The SMILES string of the molecule is COc1ccc(/C=C/C(=O)Nc2cc(C)nn2-c2cc(C)c3cc(C)cc(C)c3n2)cc1. The molecule has 0 atom stereocenters. The van der Waals surface area contributed by atoms with Crippen molar-refractivity contribution in [3.63, 3.8) is 0 Å². The first-order valence-corrected chi connectivity index (χ1v) is 10.4. The average Bonchev–Trinajstić information content (AvgIpc) is 3.13. The third-order valence-electron chi connectivity index (χ3n) is 5.28. The summed E-state index contributed by atoms with van der Waals surface area (Å²) < 4.78 is 6.84. The minimum atomic E-state index is -0.244. The predicted octanol–water partition coefficient (Wildman–Crippen LogP) is 5.31. The number of hydrogen-bond donors (Lipinski definition) is 1. The number of pyridine rings is 1. The Morgan fingerprint density at radius 2 is 1.75 bits per heavy atom. The smallest absolute Gasteiger partial charge is 0.249 e. The molecule has 162 valence electrons. The second kappa shape index (κ2) is 8.67. The summed E-state index contributed by atoms with van der Waals surface area (Å²) in [5, 5.41) is 8.62. The molecule has 2 heterocycles. The number of aromatic nitrogens is 3. The van der Waals surface area contributed by atoms with E-state index in [2.05, 4.69) is 43.3 Å². The highest BCUT2D eigenvalue weighted by atomic mass is 16.5. The van der Waals surface area contributed by atoms with Crippen molar-refractivity contribution < 1.29 is 9.53 Å². The topological polar surface area (TPSA) is 69.0 Å². The van der Waals surface area contributed by atoms with Crippen molar-refractivity contribution in [1.82, 2.24) is 14.8 Å². The number of ether oxygens (including phenoxy) is 1. The summed E-state index contributed by atoms with van der Waals surface area (Å²) in [4.78, 5) is 17.4. The van der Waals surface area contributed by atoms with Gasteiger partial charge in [-0.3, -0.25) is 4.79 Å². The summed E-state index contributed by atoms with van der Waals surface area (Å²) in [5.74, 6) is 1.77. The van der Waals surface area contributed by atoms with Crippen molar-refractivity contribution in [2.45, 2.75) is 27.7 Å². The van der Waals surface area contributed by atoms with E-state index in [0.29, 0.717) is 11.6 Å². The highest BCUT2D eigenvalue weighted by molar-refractivity contribution is 6.01. The number of nitrogens with zero attached hydrogens (tertiary/aromatic N) is 3. The maximum absolute atomic E-state index is 12.6. The lowest BCUT2D eigenvalue weighted by atomic mass is 10.0. The quantitative estimate of drug-likeness (QED) is 0.439. The van der Waals surface area contributed by atoms with Gasteiger partial charge in [-0.15, -0.1) is 0 Å². The molecule has 6 nitrogen and oxygen atoms in total. The molecule has 32 heavy (non-hydrogen) atoms. The van der Waals surface area contributed by atoms with Crippen LogP contribution in [0.3, 0.4) is 0 Å². The second-order valence-corrected chi connectivity index (χ2v) is 7.95. The molecule has 1 amide bonds. The Morgan fingerprint density at radius 3 is 2.47 bits per heavy atom. The zero-order valence-corrected chi connectivity index (χ0v) is 18.9. The van der Waals surface area contributed by atoms with Gasteiger partial charge in [0.15, 0.2) is 5.82 Å². The van der Waals surface area contributed by atoms with E-state index < -0.39 is 0 Å². The van der Waals surface area contributed by atoms with E-state index in [1.807, 2.05) is 43.3 Å². The van der Waals surface area contributed by atoms with Crippen LogP contribution in [0.1, 0.15) is 27.9 Å². The Labute approximate surface area is 187 Å². The Morgan fingerprint density at radius 1 is 1.00 bits per heavy atom. The van der Waals surface area contributed by atoms with Crippen LogP contribution in [0.4, 0.5) is 5.82 Å². The lowest BCUT2D eigenvalue weighted by molar-refractivity contribution is -0.111. The van der Waals surface area contributed by atoms with Gasteiger partial charge >= 0.3 is 0 Å². The second-order valence-electron chi connectivity index (χ2n) is 7.95. The number of anilines is 1. The summed E-state index contributed by atoms with van der Waals surface area (Å²) in [5.41, 5.74) is 6.07. The number of rotatable bonds is 5. The molecule has 4 aromatic rings. The molecular weight excluding hydrogens is 400 g/mol. The van der Waals surface area contributed by atoms with E-state index in [4.69, 9.17) is 9.72 Å². The summed E-state index contributed by atoms with van der Waals surface area (Å²) in [6.45, 7) is 8.11. The molecule has 0 saturated carbocycles. The summed E-state index contributed by atoms with van der Waals surface area (Å²) in [7, 11) is 1.62. The molecule has 6 heteroatoms. The van der Waals surface area contributed by atoms with E-state index >= 15 is 0 Å². The molecular formula is C26H26N4O2. The zero-order chi connectivity index (χ0) is 22.8. The maximum atomic E-state index is 12.6. The van der Waals surface area contributed by atoms with Crippen molar-refractivity contribution in [2.24, 2.45) is 0 Å². The van der Waals surface area contributed by atoms with Gasteiger partial charge in [0.1, 0.15) is 11.6 Å². The van der Waals surface area contributed by atoms with E-state index in [-0.39, 0.29) is 5.91 Å². The fourth-order valence-electron chi connectivity index (χ4n) is 3.75. The number of benzene rings is 2. The maximum Gasteiger partial charge on any atom is 0.249 e. The molecule has 0 saturated heterocycles. The number of carbonyl (C=O) groups excluding carboxylic acids is 1. The average molecular weight is 427 g/mol. The number of hydrogen-bond acceptors (Lipinski definition) is 4. The van der Waals surface area contributed by atoms with Crippen molar-refractivity contribution in [2.75, 3.05) is 12.4 Å². The van der Waals surface area contributed by atoms with Gasteiger partial charge in [0.2, 0.25) is 5.91 Å². The van der Waals surface area contributed by atoms with Gasteiger partial charge < -0.3 is 10.1 Å². The molecule has 0 fully saturated rings. The number of fused-ring (bicyclic) bond motifs is 1. The van der Waals surface area contributed by atoms with Gasteiger partial charge in [-0.05, 0) is 74.7 Å². The Hall–Kier alpha value is -3.93. The number of nitrogens with one attached hydrogen (secondary N) is 1. The molecule has 2 aromatic heterocycles. The third kappa shape index (κ3) is 4.39. The molecule has 1 N–H and O–H groups in total. The van der Waals surface area contributed by atoms with Crippen LogP contribution in [0, 0.1) is 27.7 Å². The van der Waals surface area contributed by atoms with Gasteiger partial charge in [0.25, 0.3) is 0 Å². The fourth-order valence-corrected chi connectivity index (χ4v) is 3.75. The highest BCUT2D eigenvalue weighted by Crippen LogP contribution is 2.26. The molecule has 0 unspecified atom stereocenters. The van der Waals surface area contributed by atoms with Crippen LogP contribution in [-0.2, 0) is 4.79 Å². The van der Waals surface area contributed by atoms with Crippen molar-refractivity contribution >= 4 is 28.7 Å². The largest absolute Gasteiger partial charge is 0.497 e. The molecule has 4 rings (SSSR count). The molecule has 0 bridgehead atoms. The first-order valence-electron chi connectivity index (χ1n) is 10.4. The van der Waals surface area contributed by atoms with Crippen LogP contribution in [-0.4, -0.2) is 27.8 Å². The van der Waals surface area contributed by atoms with E-state index in [9.17, 15) is 4.79 Å². The van der Waals surface area contributed by atoms with E-state index in [0.717, 1.165) is 39.0 Å². The Bertz CT molecular complexity index is 1330. The fraction of sp³-hybridized carbons (Fsp3) is 0.192. The van der Waals surface area contributed by atoms with Crippen LogP contribution < -0.4 is 10.1 Å². The molecule has 0 aliphatic carbocycles. The molecule has 0 spiro atoms. The van der Waals surface area contributed by atoms with Gasteiger partial charge in [-0.1, -0.05) is 23.8 Å². The van der Waals surface area contributed by atoms with Crippen LogP contribution in [0.2, 0.25) is 0 Å². The zero-order valence-electron chi connectivity index (χ0n) is 18.9. The molecule has 0 aliphatic rings. The van der Waals surface area contributed by atoms with Gasteiger partial charge in [-0.2, -0.15) is 9.78 Å². The van der Waals surface area contributed by atoms with E-state index in [1.165, 1.54) is 11.6 Å². The number of amides is 1. The molecule has 0 aliphatic heterocycles. The van der Waals surface area contributed by atoms with Crippen LogP contribution in [0.15, 0.2) is 54.6 Å². The normalized spacial score (nSPS) is 11.3. The first-order chi connectivity index (χ1) is 15.3. The van der Waals surface area contributed by atoms with Gasteiger partial charge in [-0.25, -0.2) is 4.98 Å². The first kappa shape index (κ1) is 21.3. The monoisotopic (exact) mass is 426 g/mol. The third-order valence-corrected chi connectivity index (χ3v) is 5.28. The lowest BCUT2D eigenvalue weighted by Gasteiger charge is -2.12. The van der Waals surface area contributed by atoms with Gasteiger partial charge in [0.05, 0.1) is 18.3 Å². The lowest BCUT2D eigenvalue weighted by Crippen LogP contribution is -2.13. The molecule has 0 radical (unpaired) electrons. The van der Waals surface area contributed by atoms with Crippen LogP contribution in [0.5, 0.6) is 5.75 Å². The van der Waals surface area contributed by atoms with Crippen LogP contribution >= 0.6 is 0 Å². The number of methoxy groups -OCH3 is 1. The Balaban J connectivity index is 1.63. The van der Waals surface area contributed by atoms with Crippen LogP contribution in [0.25, 0.3) is 22.8 Å². The van der Waals surface area contributed by atoms with Crippen molar-refractivity contribution in [3.05, 3.63) is 82.6 Å². The predicted molar refractivity (Wildman–Crippen MR) is 128 cm³/mol. The van der Waals surface area contributed by atoms with Crippen molar-refractivity contribution in [1.29, 1.82) is 0 Å². The van der Waals surface area contributed by atoms with E-state index in [1.54, 1.807) is 17.9 Å². The number of aryl methyl sites for hydroxylation is 4. The highest BCUT2D eigenvalue weighted by Gasteiger charge is 2.13. The summed E-state index contributed by atoms with van der Waals surface area (Å²) >= 11 is 0. The standard InChI is InChI=1S/C26H26N4O2/c1-16-12-18(3)26-22(13-16)17(2)14-23(28-26)30-24(15-19(4)29-30)27-25(31)11-8-20-6-9-21(32-5)10-7-20/h6-15H,1-5H3,(H,27,31)/b11-8+. The Kier molecular flexibility index (Phi) is 5.77. The summed E-state index contributed by atoms with van der Waals surface area (Å²) in [6.07, 6.45) is 3.26. The minimum Gasteiger partial charge on any atom is -0.497 e.